The number of anilines is 1. The molecular formula is C15H21ClN2O. The van der Waals surface area contributed by atoms with Gasteiger partial charge in [-0.1, -0.05) is 43.7 Å². The Kier molecular flexibility index (Phi) is 5.08. The van der Waals surface area contributed by atoms with E-state index in [-0.39, 0.29) is 11.9 Å². The molecule has 0 saturated heterocycles. The molecule has 0 aromatic heterocycles. The molecule has 0 spiro atoms. The molecule has 3 nitrogen and oxygen atoms in total. The molecule has 1 fully saturated rings. The number of nitrogens with two attached hydrogens (primary N) is 1. The monoisotopic (exact) mass is 280 g/mol. The van der Waals surface area contributed by atoms with E-state index in [2.05, 4.69) is 5.32 Å². The molecule has 104 valence electrons. The smallest absolute Gasteiger partial charge is 0.251 e. The first-order chi connectivity index (χ1) is 9.15. The van der Waals surface area contributed by atoms with E-state index in [9.17, 15) is 4.79 Å². The molecule has 0 bridgehead atoms. The highest BCUT2D eigenvalue weighted by Crippen LogP contribution is 2.19. The first-order valence-corrected chi connectivity index (χ1v) is 7.40. The van der Waals surface area contributed by atoms with Crippen LogP contribution in [0.3, 0.4) is 0 Å². The van der Waals surface area contributed by atoms with E-state index in [1.807, 2.05) is 0 Å². The van der Waals surface area contributed by atoms with E-state index in [1.54, 1.807) is 18.2 Å². The summed E-state index contributed by atoms with van der Waals surface area (Å²) >= 11 is 5.92. The van der Waals surface area contributed by atoms with Crippen molar-refractivity contribution < 1.29 is 4.79 Å². The van der Waals surface area contributed by atoms with Gasteiger partial charge in [0, 0.05) is 22.3 Å². The Bertz CT molecular complexity index is 420. The molecule has 2 rings (SSSR count). The average molecular weight is 281 g/mol. The number of hydrogen-bond acceptors (Lipinski definition) is 2. The number of carbonyl (C=O) groups is 1. The van der Waals surface area contributed by atoms with Crippen molar-refractivity contribution in [2.75, 3.05) is 5.73 Å². The molecule has 19 heavy (non-hydrogen) atoms. The lowest BCUT2D eigenvalue weighted by Crippen LogP contribution is -2.35. The second-order valence-electron chi connectivity index (χ2n) is 5.29. The summed E-state index contributed by atoms with van der Waals surface area (Å²) in [6, 6.07) is 5.27. The maximum atomic E-state index is 12.2. The predicted octanol–water partition coefficient (Wildman–Crippen LogP) is 3.76. The molecule has 1 amide bonds. The number of rotatable bonds is 2. The Morgan fingerprint density at radius 2 is 1.74 bits per heavy atom. The summed E-state index contributed by atoms with van der Waals surface area (Å²) in [6.45, 7) is 0. The van der Waals surface area contributed by atoms with Gasteiger partial charge in [0.15, 0.2) is 0 Å². The number of nitrogen functional groups attached to an aromatic ring is 1. The highest BCUT2D eigenvalue weighted by Gasteiger charge is 2.15. The van der Waals surface area contributed by atoms with Gasteiger partial charge in [0.2, 0.25) is 0 Å². The fourth-order valence-electron chi connectivity index (χ4n) is 2.61. The van der Waals surface area contributed by atoms with Crippen molar-refractivity contribution >= 4 is 23.2 Å². The van der Waals surface area contributed by atoms with Crippen LogP contribution in [0.5, 0.6) is 0 Å². The van der Waals surface area contributed by atoms with Crippen LogP contribution in [0.2, 0.25) is 5.02 Å². The van der Waals surface area contributed by atoms with Crippen molar-refractivity contribution in [1.29, 1.82) is 0 Å². The summed E-state index contributed by atoms with van der Waals surface area (Å²) in [6.07, 6.45) is 8.41. The molecule has 0 radical (unpaired) electrons. The van der Waals surface area contributed by atoms with Crippen LogP contribution in [0.4, 0.5) is 5.69 Å². The Balaban J connectivity index is 1.98. The quantitative estimate of drug-likeness (QED) is 0.811. The highest BCUT2D eigenvalue weighted by molar-refractivity contribution is 6.31. The van der Waals surface area contributed by atoms with Crippen molar-refractivity contribution in [1.82, 2.24) is 5.32 Å². The van der Waals surface area contributed by atoms with Gasteiger partial charge in [0.25, 0.3) is 5.91 Å². The Morgan fingerprint density at radius 3 is 2.37 bits per heavy atom. The Hall–Kier alpha value is -1.22. The van der Waals surface area contributed by atoms with Gasteiger partial charge < -0.3 is 11.1 Å². The van der Waals surface area contributed by atoms with Crippen molar-refractivity contribution in [3.8, 4) is 0 Å². The second-order valence-corrected chi connectivity index (χ2v) is 5.73. The molecule has 4 heteroatoms. The number of halogens is 1. The summed E-state index contributed by atoms with van der Waals surface area (Å²) in [5, 5.41) is 3.61. The number of hydrogen-bond donors (Lipinski definition) is 2. The topological polar surface area (TPSA) is 55.1 Å². The van der Waals surface area contributed by atoms with Crippen molar-refractivity contribution in [2.45, 2.75) is 51.0 Å². The van der Waals surface area contributed by atoms with Gasteiger partial charge in [-0.2, -0.15) is 0 Å². The van der Waals surface area contributed by atoms with E-state index in [0.29, 0.717) is 16.3 Å². The van der Waals surface area contributed by atoms with Gasteiger partial charge >= 0.3 is 0 Å². The molecule has 0 unspecified atom stereocenters. The molecule has 1 aliphatic rings. The van der Waals surface area contributed by atoms with Crippen molar-refractivity contribution in [3.05, 3.63) is 28.8 Å². The van der Waals surface area contributed by atoms with Crippen LogP contribution in [0.1, 0.15) is 55.3 Å². The number of nitrogens with one attached hydrogen (secondary N) is 1. The summed E-state index contributed by atoms with van der Waals surface area (Å²) < 4.78 is 0. The van der Waals surface area contributed by atoms with Crippen LogP contribution in [-0.4, -0.2) is 11.9 Å². The predicted molar refractivity (Wildman–Crippen MR) is 79.4 cm³/mol. The first kappa shape index (κ1) is 14.2. The normalized spacial score (nSPS) is 17.5. The van der Waals surface area contributed by atoms with E-state index >= 15 is 0 Å². The van der Waals surface area contributed by atoms with Crippen LogP contribution in [0.15, 0.2) is 18.2 Å². The molecule has 1 aliphatic carbocycles. The largest absolute Gasteiger partial charge is 0.399 e. The molecular weight excluding hydrogens is 260 g/mol. The van der Waals surface area contributed by atoms with Crippen LogP contribution >= 0.6 is 11.6 Å². The Morgan fingerprint density at radius 1 is 1.11 bits per heavy atom. The first-order valence-electron chi connectivity index (χ1n) is 7.02. The van der Waals surface area contributed by atoms with Gasteiger partial charge in [-0.3, -0.25) is 4.79 Å². The molecule has 3 N–H and O–H groups in total. The maximum absolute atomic E-state index is 12.2. The lowest BCUT2D eigenvalue weighted by Gasteiger charge is -2.21. The number of amides is 1. The average Bonchev–Trinajstić information content (AvgIpc) is 2.31. The summed E-state index contributed by atoms with van der Waals surface area (Å²) in [4.78, 5) is 12.2. The van der Waals surface area contributed by atoms with E-state index in [4.69, 9.17) is 17.3 Å². The third-order valence-electron chi connectivity index (χ3n) is 3.62. The summed E-state index contributed by atoms with van der Waals surface area (Å²) in [5.74, 6) is -0.0697. The van der Waals surface area contributed by atoms with Crippen LogP contribution < -0.4 is 11.1 Å². The van der Waals surface area contributed by atoms with E-state index < -0.39 is 0 Å². The second kappa shape index (κ2) is 6.80. The SMILES string of the molecule is Nc1cc(Cl)cc(C(=O)NC2CCCCCCC2)c1. The van der Waals surface area contributed by atoms with Gasteiger partial charge in [-0.15, -0.1) is 0 Å². The molecule has 0 atom stereocenters. The zero-order chi connectivity index (χ0) is 13.7. The standard InChI is InChI=1S/C15H21ClN2O/c16-12-8-11(9-13(17)10-12)15(19)18-14-6-4-2-1-3-5-7-14/h8-10,14H,1-7,17H2,(H,18,19). The maximum Gasteiger partial charge on any atom is 0.251 e. The van der Waals surface area contributed by atoms with Crippen LogP contribution in [0.25, 0.3) is 0 Å². The summed E-state index contributed by atoms with van der Waals surface area (Å²) in [7, 11) is 0. The molecule has 0 aliphatic heterocycles. The van der Waals surface area contributed by atoms with Crippen LogP contribution in [-0.2, 0) is 0 Å². The fourth-order valence-corrected chi connectivity index (χ4v) is 2.86. The molecule has 1 aromatic carbocycles. The fraction of sp³-hybridized carbons (Fsp3) is 0.533. The summed E-state index contributed by atoms with van der Waals surface area (Å²) in [5.41, 5.74) is 6.78. The van der Waals surface area contributed by atoms with Crippen molar-refractivity contribution in [2.24, 2.45) is 0 Å². The van der Waals surface area contributed by atoms with Gasteiger partial charge in [-0.05, 0) is 31.0 Å². The minimum Gasteiger partial charge on any atom is -0.399 e. The highest BCUT2D eigenvalue weighted by atomic mass is 35.5. The van der Waals surface area contributed by atoms with Gasteiger partial charge in [0.05, 0.1) is 0 Å². The Labute approximate surface area is 119 Å². The lowest BCUT2D eigenvalue weighted by atomic mass is 9.96. The van der Waals surface area contributed by atoms with Crippen molar-refractivity contribution in [3.63, 3.8) is 0 Å². The molecule has 1 saturated carbocycles. The minimum atomic E-state index is -0.0697. The van der Waals surface area contributed by atoms with E-state index in [1.165, 1.54) is 32.1 Å². The zero-order valence-electron chi connectivity index (χ0n) is 11.1. The van der Waals surface area contributed by atoms with Crippen LogP contribution in [0, 0.1) is 0 Å². The third kappa shape index (κ3) is 4.43. The van der Waals surface area contributed by atoms with E-state index in [0.717, 1.165) is 12.8 Å². The zero-order valence-corrected chi connectivity index (χ0v) is 11.9. The molecule has 0 heterocycles. The molecule has 1 aromatic rings. The number of carbonyl (C=O) groups excluding carboxylic acids is 1. The van der Waals surface area contributed by atoms with Gasteiger partial charge in [-0.25, -0.2) is 0 Å². The minimum absolute atomic E-state index is 0.0697. The third-order valence-corrected chi connectivity index (χ3v) is 3.84. The number of benzene rings is 1. The lowest BCUT2D eigenvalue weighted by molar-refractivity contribution is 0.0930. The van der Waals surface area contributed by atoms with Gasteiger partial charge in [0.1, 0.15) is 0 Å².